The number of amides is 4. The summed E-state index contributed by atoms with van der Waals surface area (Å²) in [6.07, 6.45) is 1.57. The Hall–Kier alpha value is -4.73. The largest absolute Gasteiger partial charge is 0.478 e. The quantitative estimate of drug-likeness (QED) is 0.374. The van der Waals surface area contributed by atoms with Gasteiger partial charge in [0.05, 0.1) is 22.4 Å². The van der Waals surface area contributed by atoms with Gasteiger partial charge in [-0.25, -0.2) is 14.0 Å². The Bertz CT molecular complexity index is 1410. The predicted octanol–water partition coefficient (Wildman–Crippen LogP) is 3.92. The maximum atomic E-state index is 13.7. The van der Waals surface area contributed by atoms with E-state index < -0.39 is 29.6 Å². The zero-order valence-electron chi connectivity index (χ0n) is 18.1. The molecule has 0 spiro atoms. The summed E-state index contributed by atoms with van der Waals surface area (Å²) in [5.74, 6) is -3.10. The van der Waals surface area contributed by atoms with Crippen molar-refractivity contribution in [1.29, 1.82) is 0 Å². The number of carboxylic acid groups (broad SMARTS) is 1. The second-order valence-electron chi connectivity index (χ2n) is 7.63. The van der Waals surface area contributed by atoms with Crippen molar-refractivity contribution in [2.24, 2.45) is 0 Å². The molecule has 4 amide bonds. The Labute approximate surface area is 192 Å². The number of rotatable bonds is 4. The van der Waals surface area contributed by atoms with Crippen molar-refractivity contribution in [3.05, 3.63) is 81.9 Å². The number of aryl methyl sites for hydroxylation is 1. The lowest BCUT2D eigenvalue weighted by atomic mass is 10.0. The molecular weight excluding hydrogens is 443 g/mol. The van der Waals surface area contributed by atoms with E-state index in [1.807, 2.05) is 5.32 Å². The number of hydrogen-bond donors (Lipinski definition) is 5. The number of halogens is 1. The number of aromatic amines is 1. The molecule has 1 aliphatic heterocycles. The van der Waals surface area contributed by atoms with E-state index in [1.54, 1.807) is 26.0 Å². The minimum atomic E-state index is -1.06. The highest BCUT2D eigenvalue weighted by atomic mass is 19.1. The van der Waals surface area contributed by atoms with Gasteiger partial charge in [-0.1, -0.05) is 18.2 Å². The molecule has 0 atom stereocenters. The first kappa shape index (κ1) is 22.5. The SMILES string of the molecule is Cc1[nH]c(/C=C2\C(=O)Nc3cc(NC(=O)NC(=O)c4ccccc4F)ccc32)c(C)c1C(=O)O. The summed E-state index contributed by atoms with van der Waals surface area (Å²) >= 11 is 0. The van der Waals surface area contributed by atoms with E-state index in [9.17, 15) is 28.7 Å². The topological polar surface area (TPSA) is 140 Å². The number of hydrogen-bond acceptors (Lipinski definition) is 4. The van der Waals surface area contributed by atoms with Gasteiger partial charge in [0.25, 0.3) is 11.8 Å². The molecule has 0 saturated carbocycles. The summed E-state index contributed by atoms with van der Waals surface area (Å²) < 4.78 is 13.7. The Morgan fingerprint density at radius 3 is 2.50 bits per heavy atom. The first-order valence-corrected chi connectivity index (χ1v) is 10.1. The molecule has 0 radical (unpaired) electrons. The van der Waals surface area contributed by atoms with Crippen LogP contribution in [0.2, 0.25) is 0 Å². The highest BCUT2D eigenvalue weighted by Crippen LogP contribution is 2.35. The van der Waals surface area contributed by atoms with Crippen LogP contribution in [0.15, 0.2) is 42.5 Å². The van der Waals surface area contributed by atoms with Crippen LogP contribution >= 0.6 is 0 Å². The van der Waals surface area contributed by atoms with Crippen LogP contribution in [0, 0.1) is 19.7 Å². The summed E-state index contributed by atoms with van der Waals surface area (Å²) in [6.45, 7) is 3.29. The summed E-state index contributed by atoms with van der Waals surface area (Å²) in [7, 11) is 0. The van der Waals surface area contributed by atoms with Crippen molar-refractivity contribution in [2.75, 3.05) is 10.6 Å². The average molecular weight is 462 g/mol. The summed E-state index contributed by atoms with van der Waals surface area (Å²) in [6, 6.07) is 9.05. The number of carbonyl (C=O) groups excluding carboxylic acids is 3. The van der Waals surface area contributed by atoms with E-state index in [4.69, 9.17) is 0 Å². The molecule has 2 aromatic carbocycles. The number of carbonyl (C=O) groups is 4. The average Bonchev–Trinajstić information content (AvgIpc) is 3.22. The van der Waals surface area contributed by atoms with Crippen molar-refractivity contribution in [2.45, 2.75) is 13.8 Å². The molecule has 0 bridgehead atoms. The number of H-pyrrole nitrogens is 1. The van der Waals surface area contributed by atoms with E-state index in [0.717, 1.165) is 6.07 Å². The van der Waals surface area contributed by atoms with E-state index in [-0.39, 0.29) is 11.1 Å². The van der Waals surface area contributed by atoms with Gasteiger partial charge in [-0.3, -0.25) is 14.9 Å². The zero-order chi connectivity index (χ0) is 24.6. The van der Waals surface area contributed by atoms with Crippen molar-refractivity contribution in [3.63, 3.8) is 0 Å². The highest BCUT2D eigenvalue weighted by molar-refractivity contribution is 6.35. The van der Waals surface area contributed by atoms with E-state index in [0.29, 0.717) is 39.5 Å². The number of aromatic carboxylic acids is 1. The van der Waals surface area contributed by atoms with Gasteiger partial charge < -0.3 is 20.7 Å². The van der Waals surface area contributed by atoms with Gasteiger partial charge in [0.15, 0.2) is 0 Å². The zero-order valence-corrected chi connectivity index (χ0v) is 18.1. The van der Waals surface area contributed by atoms with E-state index in [2.05, 4.69) is 15.6 Å². The minimum Gasteiger partial charge on any atom is -0.478 e. The number of anilines is 2. The van der Waals surface area contributed by atoms with Gasteiger partial charge in [-0.2, -0.15) is 0 Å². The van der Waals surface area contributed by atoms with Crippen LogP contribution in [0.1, 0.15) is 43.2 Å². The second-order valence-corrected chi connectivity index (χ2v) is 7.63. The number of fused-ring (bicyclic) bond motifs is 1. The molecule has 0 unspecified atom stereocenters. The molecule has 5 N–H and O–H groups in total. The van der Waals surface area contributed by atoms with Crippen molar-refractivity contribution >= 4 is 46.8 Å². The predicted molar refractivity (Wildman–Crippen MR) is 123 cm³/mol. The Morgan fingerprint density at radius 1 is 1.09 bits per heavy atom. The standard InChI is InChI=1S/C24H19FN4O5/c1-11-18(26-12(2)20(11)23(32)33)10-16-14-8-7-13(9-19(14)28-22(16)31)27-24(34)29-21(30)15-5-3-4-6-17(15)25/h3-10,26H,1-2H3,(H,28,31)(H,32,33)(H2,27,29,30,34)/b16-10-. The molecule has 3 aromatic rings. The Balaban J connectivity index is 1.53. The van der Waals surface area contributed by atoms with Crippen LogP contribution in [-0.4, -0.2) is 33.9 Å². The highest BCUT2D eigenvalue weighted by Gasteiger charge is 2.26. The van der Waals surface area contributed by atoms with Gasteiger partial charge in [0.1, 0.15) is 5.82 Å². The number of urea groups is 1. The third kappa shape index (κ3) is 4.16. The lowest BCUT2D eigenvalue weighted by molar-refractivity contribution is -0.110. The van der Waals surface area contributed by atoms with Crippen molar-refractivity contribution in [1.82, 2.24) is 10.3 Å². The molecule has 4 rings (SSSR count). The first-order valence-electron chi connectivity index (χ1n) is 10.1. The maximum Gasteiger partial charge on any atom is 0.337 e. The lowest BCUT2D eigenvalue weighted by Crippen LogP contribution is -2.34. The summed E-state index contributed by atoms with van der Waals surface area (Å²) in [5.41, 5.74) is 2.97. The molecular formula is C24H19FN4O5. The Kier molecular flexibility index (Phi) is 5.72. The minimum absolute atomic E-state index is 0.154. The maximum absolute atomic E-state index is 13.7. The van der Waals surface area contributed by atoms with Gasteiger partial charge in [0, 0.05) is 22.6 Å². The van der Waals surface area contributed by atoms with Crippen LogP contribution in [0.25, 0.3) is 11.6 Å². The first-order chi connectivity index (χ1) is 16.2. The third-order valence-corrected chi connectivity index (χ3v) is 5.38. The van der Waals surface area contributed by atoms with E-state index in [1.165, 1.54) is 30.3 Å². The van der Waals surface area contributed by atoms with E-state index >= 15 is 0 Å². The van der Waals surface area contributed by atoms with Crippen molar-refractivity contribution in [3.8, 4) is 0 Å². The fourth-order valence-electron chi connectivity index (χ4n) is 3.78. The van der Waals surface area contributed by atoms with Gasteiger partial charge in [0.2, 0.25) is 0 Å². The van der Waals surface area contributed by atoms with Crippen molar-refractivity contribution < 1.29 is 28.7 Å². The van der Waals surface area contributed by atoms with Crippen LogP contribution in [0.4, 0.5) is 20.6 Å². The van der Waals surface area contributed by atoms with Crippen LogP contribution < -0.4 is 16.0 Å². The molecule has 0 aliphatic carbocycles. The Morgan fingerprint density at radius 2 is 1.82 bits per heavy atom. The van der Waals surface area contributed by atoms with Crippen LogP contribution in [0.3, 0.4) is 0 Å². The molecule has 1 aliphatic rings. The summed E-state index contributed by atoms with van der Waals surface area (Å²) in [4.78, 5) is 51.3. The molecule has 172 valence electrons. The number of carboxylic acids is 1. The van der Waals surface area contributed by atoms with Gasteiger partial charge in [-0.15, -0.1) is 0 Å². The van der Waals surface area contributed by atoms with Gasteiger partial charge in [-0.05, 0) is 49.8 Å². The molecule has 0 saturated heterocycles. The second kappa shape index (κ2) is 8.66. The molecule has 1 aromatic heterocycles. The fourth-order valence-corrected chi connectivity index (χ4v) is 3.78. The fraction of sp³-hybridized carbons (Fsp3) is 0.0833. The number of imide groups is 1. The third-order valence-electron chi connectivity index (χ3n) is 5.38. The number of nitrogens with one attached hydrogen (secondary N) is 4. The monoisotopic (exact) mass is 462 g/mol. The molecule has 10 heteroatoms. The molecule has 2 heterocycles. The van der Waals surface area contributed by atoms with Gasteiger partial charge >= 0.3 is 12.0 Å². The smallest absolute Gasteiger partial charge is 0.337 e. The number of aromatic nitrogens is 1. The van der Waals surface area contributed by atoms with Crippen LogP contribution in [-0.2, 0) is 4.79 Å². The molecule has 9 nitrogen and oxygen atoms in total. The molecule has 0 fully saturated rings. The normalized spacial score (nSPS) is 13.4. The molecule has 34 heavy (non-hydrogen) atoms. The summed E-state index contributed by atoms with van der Waals surface area (Å²) in [5, 5.41) is 16.6. The lowest BCUT2D eigenvalue weighted by Gasteiger charge is -2.08. The van der Waals surface area contributed by atoms with Crippen LogP contribution in [0.5, 0.6) is 0 Å². The number of benzene rings is 2.